The maximum absolute atomic E-state index is 11.6. The molecule has 0 radical (unpaired) electrons. The van der Waals surface area contributed by atoms with E-state index < -0.39 is 0 Å². The summed E-state index contributed by atoms with van der Waals surface area (Å²) in [6.07, 6.45) is 0.726. The zero-order valence-corrected chi connectivity index (χ0v) is 13.0. The van der Waals surface area contributed by atoms with Gasteiger partial charge >= 0.3 is 5.69 Å². The molecule has 0 fully saturated rings. The number of nitrogens with two attached hydrogens (primary N) is 1. The maximum atomic E-state index is 11.6. The van der Waals surface area contributed by atoms with E-state index in [1.54, 1.807) is 4.57 Å². The molecule has 1 heterocycles. The third kappa shape index (κ3) is 3.45. The summed E-state index contributed by atoms with van der Waals surface area (Å²) >= 11 is 7.48. The van der Waals surface area contributed by atoms with Gasteiger partial charge < -0.3 is 5.73 Å². The van der Waals surface area contributed by atoms with Gasteiger partial charge in [-0.05, 0) is 55.8 Å². The molecule has 0 bridgehead atoms. The van der Waals surface area contributed by atoms with Gasteiger partial charge in [0.2, 0.25) is 0 Å². The molecule has 0 spiro atoms. The number of aromatic amines is 1. The Hall–Kier alpha value is -1.24. The minimum Gasteiger partial charge on any atom is -0.328 e. The summed E-state index contributed by atoms with van der Waals surface area (Å²) in [6, 6.07) is 5.72. The molecule has 1 aromatic carbocycles. The highest BCUT2D eigenvalue weighted by Crippen LogP contribution is 2.31. The first-order chi connectivity index (χ1) is 9.51. The van der Waals surface area contributed by atoms with E-state index in [-0.39, 0.29) is 11.7 Å². The first-order valence-corrected chi connectivity index (χ1v) is 7.57. The zero-order valence-electron chi connectivity index (χ0n) is 11.4. The van der Waals surface area contributed by atoms with Crippen molar-refractivity contribution in [3.8, 4) is 0 Å². The third-order valence-corrected chi connectivity index (χ3v) is 4.15. The predicted octanol–water partition coefficient (Wildman–Crippen LogP) is 2.29. The van der Waals surface area contributed by atoms with Gasteiger partial charge in [-0.1, -0.05) is 11.6 Å². The van der Waals surface area contributed by atoms with Gasteiger partial charge in [0, 0.05) is 22.5 Å². The molecule has 0 aliphatic heterocycles. The van der Waals surface area contributed by atoms with Crippen molar-refractivity contribution in [2.45, 2.75) is 42.9 Å². The molecule has 0 saturated carbocycles. The summed E-state index contributed by atoms with van der Waals surface area (Å²) in [7, 11) is 0. The number of aromatic nitrogens is 3. The summed E-state index contributed by atoms with van der Waals surface area (Å²) in [4.78, 5) is 12.6. The van der Waals surface area contributed by atoms with Gasteiger partial charge in [-0.3, -0.25) is 4.57 Å². The standard InChI is InChI=1S/C13H17ClN4OS/c1-3-18-12(19)16-17-13(18)20-11-5-4-10(14)7-9(11)6-8(2)15/h4-5,7-8H,3,6,15H2,1-2H3,(H,16,19). The van der Waals surface area contributed by atoms with Crippen molar-refractivity contribution in [1.29, 1.82) is 0 Å². The maximum Gasteiger partial charge on any atom is 0.343 e. The molecular formula is C13H17ClN4OS. The first kappa shape index (κ1) is 15.2. The van der Waals surface area contributed by atoms with Crippen molar-refractivity contribution >= 4 is 23.4 Å². The Morgan fingerprint density at radius 3 is 2.95 bits per heavy atom. The summed E-state index contributed by atoms with van der Waals surface area (Å²) < 4.78 is 1.59. The van der Waals surface area contributed by atoms with Crippen LogP contribution < -0.4 is 11.4 Å². The number of hydrogen-bond donors (Lipinski definition) is 2. The van der Waals surface area contributed by atoms with E-state index >= 15 is 0 Å². The number of nitrogens with one attached hydrogen (secondary N) is 1. The minimum atomic E-state index is -0.197. The second-order valence-electron chi connectivity index (χ2n) is 4.59. The lowest BCUT2D eigenvalue weighted by molar-refractivity contribution is 0.660. The van der Waals surface area contributed by atoms with Crippen molar-refractivity contribution < 1.29 is 0 Å². The van der Waals surface area contributed by atoms with Crippen LogP contribution in [-0.2, 0) is 13.0 Å². The first-order valence-electron chi connectivity index (χ1n) is 6.38. The van der Waals surface area contributed by atoms with E-state index in [0.29, 0.717) is 16.7 Å². The highest BCUT2D eigenvalue weighted by Gasteiger charge is 2.12. The average molecular weight is 313 g/mol. The molecule has 5 nitrogen and oxygen atoms in total. The van der Waals surface area contributed by atoms with Crippen LogP contribution in [0.2, 0.25) is 5.02 Å². The van der Waals surface area contributed by atoms with Gasteiger partial charge in [0.1, 0.15) is 0 Å². The lowest BCUT2D eigenvalue weighted by Gasteiger charge is -2.11. The second-order valence-corrected chi connectivity index (χ2v) is 6.04. The Morgan fingerprint density at radius 2 is 2.30 bits per heavy atom. The quantitative estimate of drug-likeness (QED) is 0.888. The number of nitrogens with zero attached hydrogens (tertiary/aromatic N) is 2. The molecule has 0 amide bonds. The van der Waals surface area contributed by atoms with Gasteiger partial charge in [0.25, 0.3) is 0 Å². The van der Waals surface area contributed by atoms with E-state index in [1.807, 2.05) is 32.0 Å². The van der Waals surface area contributed by atoms with Gasteiger partial charge in [0.05, 0.1) is 0 Å². The minimum absolute atomic E-state index is 0.0420. The third-order valence-electron chi connectivity index (χ3n) is 2.81. The van der Waals surface area contributed by atoms with Crippen LogP contribution in [0.4, 0.5) is 0 Å². The average Bonchev–Trinajstić information content (AvgIpc) is 2.72. The van der Waals surface area contributed by atoms with Crippen molar-refractivity contribution in [3.05, 3.63) is 39.3 Å². The van der Waals surface area contributed by atoms with Crippen LogP contribution >= 0.6 is 23.4 Å². The summed E-state index contributed by atoms with van der Waals surface area (Å²) in [5, 5.41) is 7.84. The van der Waals surface area contributed by atoms with Crippen LogP contribution in [-0.4, -0.2) is 20.8 Å². The zero-order chi connectivity index (χ0) is 14.7. The van der Waals surface area contributed by atoms with E-state index in [2.05, 4.69) is 10.2 Å². The molecule has 7 heteroatoms. The fourth-order valence-electron chi connectivity index (χ4n) is 1.91. The number of halogens is 1. The van der Waals surface area contributed by atoms with Gasteiger partial charge in [-0.15, -0.1) is 5.10 Å². The lowest BCUT2D eigenvalue weighted by atomic mass is 10.1. The van der Waals surface area contributed by atoms with Gasteiger partial charge in [-0.25, -0.2) is 9.89 Å². The second kappa shape index (κ2) is 6.47. The molecule has 20 heavy (non-hydrogen) atoms. The van der Waals surface area contributed by atoms with E-state index in [9.17, 15) is 4.79 Å². The smallest absolute Gasteiger partial charge is 0.328 e. The molecule has 0 aliphatic carbocycles. The van der Waals surface area contributed by atoms with E-state index in [4.69, 9.17) is 17.3 Å². The number of H-pyrrole nitrogens is 1. The molecule has 1 atom stereocenters. The van der Waals surface area contributed by atoms with Gasteiger partial charge in [0.15, 0.2) is 5.16 Å². The number of benzene rings is 1. The van der Waals surface area contributed by atoms with Crippen molar-refractivity contribution in [3.63, 3.8) is 0 Å². The Labute approximate surface area is 126 Å². The number of rotatable bonds is 5. The summed E-state index contributed by atoms with van der Waals surface area (Å²) in [6.45, 7) is 4.44. The Bertz CT molecular complexity index is 650. The van der Waals surface area contributed by atoms with Crippen LogP contribution in [0, 0.1) is 0 Å². The largest absolute Gasteiger partial charge is 0.343 e. The molecule has 1 unspecified atom stereocenters. The fraction of sp³-hybridized carbons (Fsp3) is 0.385. The molecule has 3 N–H and O–H groups in total. The number of hydrogen-bond acceptors (Lipinski definition) is 4. The predicted molar refractivity (Wildman–Crippen MR) is 81.5 cm³/mol. The van der Waals surface area contributed by atoms with Crippen LogP contribution in [0.5, 0.6) is 0 Å². The topological polar surface area (TPSA) is 76.7 Å². The highest BCUT2D eigenvalue weighted by molar-refractivity contribution is 7.99. The van der Waals surface area contributed by atoms with E-state index in [0.717, 1.165) is 16.9 Å². The van der Waals surface area contributed by atoms with Crippen LogP contribution in [0.3, 0.4) is 0 Å². The molecule has 0 saturated heterocycles. The Balaban J connectivity index is 2.35. The van der Waals surface area contributed by atoms with Crippen molar-refractivity contribution in [2.75, 3.05) is 0 Å². The highest BCUT2D eigenvalue weighted by atomic mass is 35.5. The van der Waals surface area contributed by atoms with Crippen molar-refractivity contribution in [1.82, 2.24) is 14.8 Å². The normalized spacial score (nSPS) is 12.6. The molecular weight excluding hydrogens is 296 g/mol. The Morgan fingerprint density at radius 1 is 1.55 bits per heavy atom. The van der Waals surface area contributed by atoms with Crippen LogP contribution in [0.1, 0.15) is 19.4 Å². The van der Waals surface area contributed by atoms with Crippen LogP contribution in [0.15, 0.2) is 33.0 Å². The summed E-state index contributed by atoms with van der Waals surface area (Å²) in [5.41, 5.74) is 6.74. The van der Waals surface area contributed by atoms with Gasteiger partial charge in [-0.2, -0.15) is 0 Å². The fourth-order valence-corrected chi connectivity index (χ4v) is 3.13. The monoisotopic (exact) mass is 312 g/mol. The summed E-state index contributed by atoms with van der Waals surface area (Å²) in [5.74, 6) is 0. The van der Waals surface area contributed by atoms with E-state index in [1.165, 1.54) is 11.8 Å². The molecule has 108 valence electrons. The lowest BCUT2D eigenvalue weighted by Crippen LogP contribution is -2.18. The molecule has 0 aliphatic rings. The molecule has 2 rings (SSSR count). The van der Waals surface area contributed by atoms with Crippen molar-refractivity contribution in [2.24, 2.45) is 5.73 Å². The Kier molecular flexibility index (Phi) is 4.91. The van der Waals surface area contributed by atoms with Crippen LogP contribution in [0.25, 0.3) is 0 Å². The molecule has 1 aromatic heterocycles. The SMILES string of the molecule is CCn1c(Sc2ccc(Cl)cc2CC(C)N)n[nH]c1=O. The molecule has 2 aromatic rings.